The van der Waals surface area contributed by atoms with Gasteiger partial charge in [0.15, 0.2) is 11.8 Å². The van der Waals surface area contributed by atoms with Crippen molar-refractivity contribution < 1.29 is 4.79 Å². The summed E-state index contributed by atoms with van der Waals surface area (Å²) in [5, 5.41) is 17.6. The Bertz CT molecular complexity index is 783. The van der Waals surface area contributed by atoms with E-state index in [1.165, 1.54) is 0 Å². The first-order valence-electron chi connectivity index (χ1n) is 8.98. The Balaban J connectivity index is 1.67. The maximum Gasteiger partial charge on any atom is 0.225 e. The standard InChI is InChI=1S/C18H25N7O/c1-3-19-18(21-11-16-24-22-12-25(16)4-2)20-10-13-9-17(26)23-15-8-6-5-7-14(13)15/h5-8,12-13H,3-4,9-11H2,1-2H3,(H,23,26)(H2,19,20,21). The third kappa shape index (κ3) is 4.19. The molecule has 1 unspecified atom stereocenters. The third-order valence-electron chi connectivity index (χ3n) is 4.38. The molecule has 1 aliphatic heterocycles. The smallest absolute Gasteiger partial charge is 0.225 e. The summed E-state index contributed by atoms with van der Waals surface area (Å²) in [4.78, 5) is 16.6. The number of carbonyl (C=O) groups excluding carboxylic acids is 1. The Morgan fingerprint density at radius 3 is 3.00 bits per heavy atom. The van der Waals surface area contributed by atoms with Crippen LogP contribution in [0.2, 0.25) is 0 Å². The van der Waals surface area contributed by atoms with E-state index in [0.29, 0.717) is 25.5 Å². The number of rotatable bonds is 6. The van der Waals surface area contributed by atoms with Crippen molar-refractivity contribution in [2.24, 2.45) is 4.99 Å². The Morgan fingerprint density at radius 1 is 1.35 bits per heavy atom. The van der Waals surface area contributed by atoms with Gasteiger partial charge in [-0.25, -0.2) is 4.99 Å². The second kappa shape index (κ2) is 8.46. The number of benzene rings is 1. The number of nitrogens with zero attached hydrogens (tertiary/aromatic N) is 4. The van der Waals surface area contributed by atoms with Crippen molar-refractivity contribution in [1.82, 2.24) is 25.4 Å². The summed E-state index contributed by atoms with van der Waals surface area (Å²) in [5.74, 6) is 1.70. The number of aliphatic imine (C=N–C) groups is 1. The van der Waals surface area contributed by atoms with Crippen LogP contribution < -0.4 is 16.0 Å². The first-order chi connectivity index (χ1) is 12.7. The molecule has 1 aromatic carbocycles. The molecule has 2 heterocycles. The molecule has 26 heavy (non-hydrogen) atoms. The number of aromatic nitrogens is 3. The topological polar surface area (TPSA) is 96.2 Å². The highest BCUT2D eigenvalue weighted by atomic mass is 16.1. The van der Waals surface area contributed by atoms with Crippen molar-refractivity contribution in [3.8, 4) is 0 Å². The molecule has 0 saturated carbocycles. The molecule has 0 saturated heterocycles. The van der Waals surface area contributed by atoms with E-state index in [-0.39, 0.29) is 11.8 Å². The van der Waals surface area contributed by atoms with Gasteiger partial charge in [-0.1, -0.05) is 18.2 Å². The van der Waals surface area contributed by atoms with E-state index in [0.717, 1.165) is 30.2 Å². The van der Waals surface area contributed by atoms with Crippen LogP contribution in [0.15, 0.2) is 35.6 Å². The molecule has 8 nitrogen and oxygen atoms in total. The number of aryl methyl sites for hydroxylation is 1. The van der Waals surface area contributed by atoms with E-state index >= 15 is 0 Å². The van der Waals surface area contributed by atoms with Crippen LogP contribution in [-0.4, -0.2) is 39.7 Å². The normalized spacial score (nSPS) is 16.8. The van der Waals surface area contributed by atoms with Crippen molar-refractivity contribution >= 4 is 17.6 Å². The van der Waals surface area contributed by atoms with Crippen molar-refractivity contribution in [3.63, 3.8) is 0 Å². The van der Waals surface area contributed by atoms with Crippen LogP contribution in [0.25, 0.3) is 0 Å². The highest BCUT2D eigenvalue weighted by Gasteiger charge is 2.24. The predicted molar refractivity (Wildman–Crippen MR) is 101 cm³/mol. The summed E-state index contributed by atoms with van der Waals surface area (Å²) in [6.07, 6.45) is 2.18. The Labute approximate surface area is 153 Å². The Hall–Kier alpha value is -2.90. The number of fused-ring (bicyclic) bond motifs is 1. The lowest BCUT2D eigenvalue weighted by Gasteiger charge is -2.26. The van der Waals surface area contributed by atoms with Crippen molar-refractivity contribution in [2.45, 2.75) is 39.3 Å². The molecule has 1 aliphatic rings. The van der Waals surface area contributed by atoms with Gasteiger partial charge in [-0.15, -0.1) is 10.2 Å². The van der Waals surface area contributed by atoms with Crippen LogP contribution >= 0.6 is 0 Å². The molecule has 0 bridgehead atoms. The number of guanidine groups is 1. The zero-order valence-electron chi connectivity index (χ0n) is 15.2. The molecule has 0 spiro atoms. The second-order valence-corrected chi connectivity index (χ2v) is 6.15. The third-order valence-corrected chi connectivity index (χ3v) is 4.38. The minimum absolute atomic E-state index is 0.0495. The number of carbonyl (C=O) groups is 1. The van der Waals surface area contributed by atoms with Crippen molar-refractivity contribution in [1.29, 1.82) is 0 Å². The van der Waals surface area contributed by atoms with Gasteiger partial charge < -0.3 is 20.5 Å². The lowest BCUT2D eigenvalue weighted by atomic mass is 9.90. The van der Waals surface area contributed by atoms with E-state index < -0.39 is 0 Å². The van der Waals surface area contributed by atoms with E-state index in [4.69, 9.17) is 0 Å². The first kappa shape index (κ1) is 17.9. The van der Waals surface area contributed by atoms with Crippen LogP contribution in [-0.2, 0) is 17.9 Å². The van der Waals surface area contributed by atoms with Crippen LogP contribution in [0, 0.1) is 0 Å². The SMILES string of the molecule is CCNC(=NCc1nncn1CC)NCC1CC(=O)Nc2ccccc21. The molecule has 8 heteroatoms. The summed E-state index contributed by atoms with van der Waals surface area (Å²) >= 11 is 0. The monoisotopic (exact) mass is 355 g/mol. The lowest BCUT2D eigenvalue weighted by Crippen LogP contribution is -2.40. The minimum atomic E-state index is 0.0495. The molecule has 3 rings (SSSR count). The average Bonchev–Trinajstić information content (AvgIpc) is 3.11. The first-order valence-corrected chi connectivity index (χ1v) is 8.98. The van der Waals surface area contributed by atoms with Gasteiger partial charge in [-0.3, -0.25) is 4.79 Å². The fourth-order valence-corrected chi connectivity index (χ4v) is 3.06. The van der Waals surface area contributed by atoms with Gasteiger partial charge in [0.1, 0.15) is 12.9 Å². The van der Waals surface area contributed by atoms with E-state index in [1.807, 2.05) is 36.6 Å². The van der Waals surface area contributed by atoms with E-state index in [9.17, 15) is 4.79 Å². The summed E-state index contributed by atoms with van der Waals surface area (Å²) in [7, 11) is 0. The molecular formula is C18H25N7O. The molecule has 3 N–H and O–H groups in total. The highest BCUT2D eigenvalue weighted by Crippen LogP contribution is 2.31. The summed E-state index contributed by atoms with van der Waals surface area (Å²) in [5.41, 5.74) is 2.05. The van der Waals surface area contributed by atoms with Crippen molar-refractivity contribution in [3.05, 3.63) is 42.0 Å². The van der Waals surface area contributed by atoms with Crippen LogP contribution in [0.1, 0.15) is 37.6 Å². The fraction of sp³-hybridized carbons (Fsp3) is 0.444. The van der Waals surface area contributed by atoms with Crippen molar-refractivity contribution in [2.75, 3.05) is 18.4 Å². The average molecular weight is 355 g/mol. The maximum atomic E-state index is 12.0. The zero-order chi connectivity index (χ0) is 18.4. The number of anilines is 1. The molecule has 0 aliphatic carbocycles. The molecule has 1 atom stereocenters. The van der Waals surface area contributed by atoms with Gasteiger partial charge >= 0.3 is 0 Å². The van der Waals surface area contributed by atoms with Gasteiger partial charge in [0.2, 0.25) is 5.91 Å². The number of para-hydroxylation sites is 1. The molecule has 1 amide bonds. The van der Waals surface area contributed by atoms with Crippen LogP contribution in [0.4, 0.5) is 5.69 Å². The number of amides is 1. The van der Waals surface area contributed by atoms with E-state index in [2.05, 4.69) is 37.2 Å². The minimum Gasteiger partial charge on any atom is -0.357 e. The number of nitrogens with one attached hydrogen (secondary N) is 3. The van der Waals surface area contributed by atoms with Gasteiger partial charge in [-0.2, -0.15) is 0 Å². The van der Waals surface area contributed by atoms with Gasteiger partial charge in [0, 0.05) is 37.7 Å². The number of hydrogen-bond donors (Lipinski definition) is 3. The Kier molecular flexibility index (Phi) is 5.83. The highest BCUT2D eigenvalue weighted by molar-refractivity contribution is 5.94. The largest absolute Gasteiger partial charge is 0.357 e. The zero-order valence-corrected chi connectivity index (χ0v) is 15.2. The molecule has 0 fully saturated rings. The van der Waals surface area contributed by atoms with Crippen LogP contribution in [0.5, 0.6) is 0 Å². The fourth-order valence-electron chi connectivity index (χ4n) is 3.06. The van der Waals surface area contributed by atoms with Gasteiger partial charge in [0.05, 0.1) is 0 Å². The summed E-state index contributed by atoms with van der Waals surface area (Å²) in [6, 6.07) is 7.94. The lowest BCUT2D eigenvalue weighted by molar-refractivity contribution is -0.116. The van der Waals surface area contributed by atoms with Gasteiger partial charge in [0.25, 0.3) is 0 Å². The number of hydrogen-bond acceptors (Lipinski definition) is 4. The maximum absolute atomic E-state index is 12.0. The van der Waals surface area contributed by atoms with E-state index in [1.54, 1.807) is 6.33 Å². The molecule has 138 valence electrons. The Morgan fingerprint density at radius 2 is 2.19 bits per heavy atom. The predicted octanol–water partition coefficient (Wildman–Crippen LogP) is 1.48. The molecule has 2 aromatic rings. The second-order valence-electron chi connectivity index (χ2n) is 6.15. The quantitative estimate of drug-likeness (QED) is 0.539. The van der Waals surface area contributed by atoms with Crippen LogP contribution in [0.3, 0.4) is 0 Å². The summed E-state index contributed by atoms with van der Waals surface area (Å²) in [6.45, 7) is 6.73. The molecule has 1 aromatic heterocycles. The molecule has 0 radical (unpaired) electrons. The summed E-state index contributed by atoms with van der Waals surface area (Å²) < 4.78 is 1.97. The molecular weight excluding hydrogens is 330 g/mol. The van der Waals surface area contributed by atoms with Gasteiger partial charge in [-0.05, 0) is 25.5 Å².